The van der Waals surface area contributed by atoms with Gasteiger partial charge in [0.2, 0.25) is 0 Å². The molecule has 1 aliphatic heterocycles. The van der Waals surface area contributed by atoms with Crippen molar-refractivity contribution in [3.63, 3.8) is 0 Å². The van der Waals surface area contributed by atoms with E-state index in [-0.39, 0.29) is 12.2 Å². The van der Waals surface area contributed by atoms with Gasteiger partial charge in [-0.25, -0.2) is 9.79 Å². The summed E-state index contributed by atoms with van der Waals surface area (Å²) in [5.74, 6) is 0.317. The van der Waals surface area contributed by atoms with Crippen molar-refractivity contribution >= 4 is 86.0 Å². The maximum absolute atomic E-state index is 14.1. The smallest absolute Gasteiger partial charge is 0.338 e. The Bertz CT molecular complexity index is 1770. The predicted octanol–water partition coefficient (Wildman–Crippen LogP) is 5.88. The van der Waals surface area contributed by atoms with Crippen molar-refractivity contribution in [2.45, 2.75) is 17.9 Å². The molecule has 0 radical (unpaired) electrons. The van der Waals surface area contributed by atoms with Crippen LogP contribution in [0.2, 0.25) is 0 Å². The Hall–Kier alpha value is -2.42. The lowest BCUT2D eigenvalue weighted by Gasteiger charge is -2.26. The molecule has 1 aliphatic rings. The first-order valence-electron chi connectivity index (χ1n) is 12.3. The van der Waals surface area contributed by atoms with Crippen LogP contribution in [0.4, 0.5) is 0 Å². The number of carbonyl (C=O) groups excluding carboxylic acids is 1. The van der Waals surface area contributed by atoms with Gasteiger partial charge in [0.25, 0.3) is 5.56 Å². The summed E-state index contributed by atoms with van der Waals surface area (Å²) in [6.45, 7) is 1.98. The number of nitrogens with zero attached hydrogens (tertiary/aromatic N) is 2. The Labute approximate surface area is 267 Å². The van der Waals surface area contributed by atoms with E-state index in [1.807, 2.05) is 79.1 Å². The minimum absolute atomic E-state index is 0.210. The third-order valence-corrected chi connectivity index (χ3v) is 9.66. The minimum atomic E-state index is -0.695. The molecule has 0 amide bonds. The van der Waals surface area contributed by atoms with Crippen molar-refractivity contribution in [1.82, 2.24) is 4.57 Å². The zero-order valence-electron chi connectivity index (χ0n) is 21.8. The van der Waals surface area contributed by atoms with Crippen LogP contribution in [-0.2, 0) is 9.53 Å². The normalized spacial score (nSPS) is 15.0. The fraction of sp³-hybridized carbons (Fsp3) is 0.167. The van der Waals surface area contributed by atoms with E-state index in [9.17, 15) is 9.59 Å². The van der Waals surface area contributed by atoms with Crippen molar-refractivity contribution in [3.8, 4) is 5.75 Å². The first-order valence-corrected chi connectivity index (χ1v) is 16.5. The van der Waals surface area contributed by atoms with E-state index in [2.05, 4.69) is 45.2 Å². The lowest BCUT2D eigenvalue weighted by Crippen LogP contribution is -2.40. The van der Waals surface area contributed by atoms with E-state index in [1.54, 1.807) is 30.4 Å². The van der Waals surface area contributed by atoms with Gasteiger partial charge in [0, 0.05) is 10.5 Å². The number of rotatable bonds is 7. The molecule has 0 bridgehead atoms. The average Bonchev–Trinajstić information content (AvgIpc) is 3.27. The number of fused-ring (bicyclic) bond motifs is 1. The largest absolute Gasteiger partial charge is 0.495 e. The monoisotopic (exact) mass is 794 g/mol. The summed E-state index contributed by atoms with van der Waals surface area (Å²) in [7, 11) is 1.65. The molecule has 6 nitrogen and oxygen atoms in total. The van der Waals surface area contributed by atoms with Gasteiger partial charge < -0.3 is 9.47 Å². The van der Waals surface area contributed by atoms with Crippen LogP contribution in [0, 0.1) is 7.14 Å². The molecular weight excluding hydrogens is 770 g/mol. The van der Waals surface area contributed by atoms with Gasteiger partial charge in [0.15, 0.2) is 4.80 Å². The maximum atomic E-state index is 14.1. The molecule has 2 heterocycles. The molecule has 0 saturated heterocycles. The molecule has 1 aromatic heterocycles. The van der Waals surface area contributed by atoms with E-state index < -0.39 is 12.0 Å². The number of halogens is 2. The van der Waals surface area contributed by atoms with Gasteiger partial charge in [-0.05, 0) is 99.8 Å². The summed E-state index contributed by atoms with van der Waals surface area (Å²) in [4.78, 5) is 34.2. The summed E-state index contributed by atoms with van der Waals surface area (Å²) in [6, 6.07) is 20.8. The number of aromatic nitrogens is 1. The quantitative estimate of drug-likeness (QED) is 0.133. The second-order valence-corrected chi connectivity index (χ2v) is 12.9. The Morgan fingerprint density at radius 1 is 1.10 bits per heavy atom. The third-order valence-electron chi connectivity index (χ3n) is 6.33. The van der Waals surface area contributed by atoms with Crippen LogP contribution >= 0.6 is 68.3 Å². The van der Waals surface area contributed by atoms with Gasteiger partial charge in [-0.15, -0.1) is 11.8 Å². The minimum Gasteiger partial charge on any atom is -0.495 e. The number of esters is 1. The van der Waals surface area contributed by atoms with E-state index in [0.717, 1.165) is 34.5 Å². The van der Waals surface area contributed by atoms with E-state index >= 15 is 0 Å². The number of thiazole rings is 1. The van der Waals surface area contributed by atoms with Gasteiger partial charge in [-0.3, -0.25) is 9.36 Å². The molecule has 0 fully saturated rings. The summed E-state index contributed by atoms with van der Waals surface area (Å²) in [6.07, 6.45) is 3.88. The third kappa shape index (κ3) is 5.68. The number of methoxy groups -OCH3 is 1. The molecule has 4 aromatic rings. The lowest BCUT2D eigenvalue weighted by molar-refractivity contribution is -0.138. The molecule has 0 N–H and O–H groups in total. The van der Waals surface area contributed by atoms with Crippen molar-refractivity contribution in [2.75, 3.05) is 20.0 Å². The van der Waals surface area contributed by atoms with Crippen molar-refractivity contribution < 1.29 is 14.3 Å². The molecule has 0 saturated carbocycles. The molecule has 204 valence electrons. The first kappa shape index (κ1) is 29.1. The summed E-state index contributed by atoms with van der Waals surface area (Å²) >= 11 is 7.41. The van der Waals surface area contributed by atoms with Gasteiger partial charge in [-0.2, -0.15) is 0 Å². The number of thioether (sulfide) groups is 1. The van der Waals surface area contributed by atoms with E-state index in [4.69, 9.17) is 14.5 Å². The second-order valence-electron chi connectivity index (χ2n) is 8.72. The molecule has 0 spiro atoms. The van der Waals surface area contributed by atoms with E-state index in [0.29, 0.717) is 20.6 Å². The Morgan fingerprint density at radius 3 is 2.38 bits per heavy atom. The summed E-state index contributed by atoms with van der Waals surface area (Å²) in [5.41, 5.74) is 3.13. The summed E-state index contributed by atoms with van der Waals surface area (Å²) < 4.78 is 15.1. The fourth-order valence-electron chi connectivity index (χ4n) is 4.55. The molecule has 10 heteroatoms. The van der Waals surface area contributed by atoms with Crippen molar-refractivity contribution in [2.24, 2.45) is 4.99 Å². The number of hydrogen-bond donors (Lipinski definition) is 0. The summed E-state index contributed by atoms with van der Waals surface area (Å²) in [5, 5.41) is 0. The molecule has 3 aromatic carbocycles. The first-order chi connectivity index (χ1) is 19.4. The Morgan fingerprint density at radius 2 is 1.77 bits per heavy atom. The zero-order valence-corrected chi connectivity index (χ0v) is 27.8. The fourth-order valence-corrected chi connectivity index (χ4v) is 8.22. The van der Waals surface area contributed by atoms with Gasteiger partial charge in [-0.1, -0.05) is 53.8 Å². The van der Waals surface area contributed by atoms with Crippen LogP contribution in [0.25, 0.3) is 11.8 Å². The Balaban J connectivity index is 1.80. The highest BCUT2D eigenvalue weighted by Crippen LogP contribution is 2.36. The molecule has 40 heavy (non-hydrogen) atoms. The number of hydrogen-bond acceptors (Lipinski definition) is 7. The Kier molecular flexibility index (Phi) is 9.18. The second kappa shape index (κ2) is 12.6. The number of ether oxygens (including phenoxy) is 2. The van der Waals surface area contributed by atoms with Gasteiger partial charge >= 0.3 is 5.97 Å². The molecule has 1 atom stereocenters. The topological polar surface area (TPSA) is 69.9 Å². The van der Waals surface area contributed by atoms with E-state index in [1.165, 1.54) is 11.3 Å². The number of carbonyl (C=O) groups is 1. The highest BCUT2D eigenvalue weighted by molar-refractivity contribution is 14.1. The molecular formula is C30H24I2N2O4S2. The van der Waals surface area contributed by atoms with Crippen LogP contribution in [0.3, 0.4) is 0 Å². The highest BCUT2D eigenvalue weighted by atomic mass is 127. The van der Waals surface area contributed by atoms with Crippen LogP contribution < -0.4 is 19.6 Å². The SMILES string of the molecule is CCOC(=O)C1=C(c2ccccc2)N=c2s/c(=C\c3cc(I)c(OC)c(I)c3)c(=O)n2C1c1ccc(SC)cc1. The average molecular weight is 794 g/mol. The van der Waals surface area contributed by atoms with Crippen molar-refractivity contribution in [1.29, 1.82) is 0 Å². The molecule has 1 unspecified atom stereocenters. The zero-order chi connectivity index (χ0) is 28.4. The lowest BCUT2D eigenvalue weighted by atomic mass is 9.93. The van der Waals surface area contributed by atoms with Gasteiger partial charge in [0.1, 0.15) is 5.75 Å². The molecule has 0 aliphatic carbocycles. The number of benzene rings is 3. The predicted molar refractivity (Wildman–Crippen MR) is 178 cm³/mol. The maximum Gasteiger partial charge on any atom is 0.338 e. The van der Waals surface area contributed by atoms with Crippen LogP contribution in [-0.4, -0.2) is 30.5 Å². The van der Waals surface area contributed by atoms with Crippen LogP contribution in [0.5, 0.6) is 5.75 Å². The van der Waals surface area contributed by atoms with Crippen LogP contribution in [0.1, 0.15) is 29.7 Å². The standard InChI is InChI=1S/C30H24I2N2O4S2/c1-4-38-29(36)24-25(18-8-6-5-7-9-18)33-30-34(26(24)19-10-12-20(39-3)13-11-19)28(35)23(40-30)16-17-14-21(31)27(37-2)22(32)15-17/h5-16,26H,4H2,1-3H3/b23-16-. The highest BCUT2D eigenvalue weighted by Gasteiger charge is 2.35. The van der Waals surface area contributed by atoms with Crippen LogP contribution in [0.15, 0.2) is 87.0 Å². The molecule has 5 rings (SSSR count). The van der Waals surface area contributed by atoms with Crippen molar-refractivity contribution in [3.05, 3.63) is 116 Å². The van der Waals surface area contributed by atoms with Gasteiger partial charge in [0.05, 0.1) is 42.7 Å².